The molecular weight excluding hydrogens is 380 g/mol. The Hall–Kier alpha value is -3.09. The molecule has 2 aromatic rings. The first-order chi connectivity index (χ1) is 14.5. The normalized spacial score (nSPS) is 14.2. The molecule has 1 saturated carbocycles. The van der Waals surface area contributed by atoms with Crippen LogP contribution in [-0.4, -0.2) is 29.6 Å². The first-order valence-corrected chi connectivity index (χ1v) is 10.6. The summed E-state index contributed by atoms with van der Waals surface area (Å²) >= 11 is 0. The van der Waals surface area contributed by atoms with Crippen LogP contribution in [0.15, 0.2) is 42.6 Å². The fourth-order valence-corrected chi connectivity index (χ4v) is 3.51. The molecule has 0 saturated heterocycles. The highest BCUT2D eigenvalue weighted by Crippen LogP contribution is 2.27. The minimum Gasteiger partial charge on any atom is -0.489 e. The van der Waals surface area contributed by atoms with Gasteiger partial charge in [-0.2, -0.15) is 0 Å². The van der Waals surface area contributed by atoms with Crippen molar-refractivity contribution in [2.75, 3.05) is 17.2 Å². The molecule has 1 aromatic carbocycles. The molecule has 0 atom stereocenters. The third-order valence-electron chi connectivity index (χ3n) is 5.00. The summed E-state index contributed by atoms with van der Waals surface area (Å²) in [6, 6.07) is 10.1. The Morgan fingerprint density at radius 3 is 2.67 bits per heavy atom. The van der Waals surface area contributed by atoms with Crippen molar-refractivity contribution >= 4 is 23.4 Å². The molecule has 30 heavy (non-hydrogen) atoms. The minimum atomic E-state index is -0.316. The number of nitrogens with zero attached hydrogens (tertiary/aromatic N) is 1. The van der Waals surface area contributed by atoms with Crippen LogP contribution in [0, 0.1) is 5.92 Å². The van der Waals surface area contributed by atoms with Crippen LogP contribution < -0.4 is 20.7 Å². The fourth-order valence-electron chi connectivity index (χ4n) is 3.51. The number of hydrogen-bond acceptors (Lipinski definition) is 4. The molecule has 7 heteroatoms. The largest absolute Gasteiger partial charge is 0.489 e. The van der Waals surface area contributed by atoms with Gasteiger partial charge in [-0.3, -0.25) is 4.79 Å². The molecule has 1 heterocycles. The van der Waals surface area contributed by atoms with Crippen molar-refractivity contribution in [3.05, 3.63) is 48.2 Å². The summed E-state index contributed by atoms with van der Waals surface area (Å²) in [4.78, 5) is 28.9. The van der Waals surface area contributed by atoms with Crippen LogP contribution in [0.3, 0.4) is 0 Å². The molecule has 0 bridgehead atoms. The molecule has 0 aliphatic heterocycles. The Morgan fingerprint density at radius 1 is 1.10 bits per heavy atom. The van der Waals surface area contributed by atoms with Gasteiger partial charge in [0.2, 0.25) is 0 Å². The second kappa shape index (κ2) is 10.6. The summed E-state index contributed by atoms with van der Waals surface area (Å²) in [6.07, 6.45) is 7.81. The maximum Gasteiger partial charge on any atom is 0.319 e. The van der Waals surface area contributed by atoms with Gasteiger partial charge < -0.3 is 20.7 Å². The van der Waals surface area contributed by atoms with Crippen molar-refractivity contribution < 1.29 is 14.3 Å². The van der Waals surface area contributed by atoms with Crippen molar-refractivity contribution in [2.45, 2.75) is 52.0 Å². The summed E-state index contributed by atoms with van der Waals surface area (Å²) in [7, 11) is 0. The van der Waals surface area contributed by atoms with E-state index in [2.05, 4.69) is 20.9 Å². The lowest BCUT2D eigenvalue weighted by atomic mass is 9.90. The lowest BCUT2D eigenvalue weighted by molar-refractivity contribution is 0.102. The zero-order valence-corrected chi connectivity index (χ0v) is 17.6. The van der Waals surface area contributed by atoms with Crippen molar-refractivity contribution in [1.29, 1.82) is 0 Å². The highest BCUT2D eigenvalue weighted by atomic mass is 16.5. The van der Waals surface area contributed by atoms with E-state index in [-0.39, 0.29) is 18.0 Å². The standard InChI is InChI=1S/C23H30N4O3/c1-16(2)25-23(29)26-19-11-6-10-18(14-19)22(28)27-21-20(12-7-13-24-21)30-15-17-8-4-3-5-9-17/h6-7,10-14,16-17H,3-5,8-9,15H2,1-2H3,(H,24,27,28)(H2,25,26,29). The van der Waals surface area contributed by atoms with E-state index in [4.69, 9.17) is 4.74 Å². The van der Waals surface area contributed by atoms with E-state index in [0.717, 1.165) is 0 Å². The molecule has 3 amide bonds. The second-order valence-electron chi connectivity index (χ2n) is 7.95. The Bertz CT molecular complexity index is 863. The van der Waals surface area contributed by atoms with E-state index in [1.807, 2.05) is 19.9 Å². The van der Waals surface area contributed by atoms with E-state index < -0.39 is 0 Å². The zero-order valence-electron chi connectivity index (χ0n) is 17.6. The highest BCUT2D eigenvalue weighted by Gasteiger charge is 2.16. The summed E-state index contributed by atoms with van der Waals surface area (Å²) in [6.45, 7) is 4.40. The number of hydrogen-bond donors (Lipinski definition) is 3. The number of anilines is 2. The number of pyridine rings is 1. The minimum absolute atomic E-state index is 0.0210. The van der Waals surface area contributed by atoms with Gasteiger partial charge >= 0.3 is 6.03 Å². The van der Waals surface area contributed by atoms with Crippen molar-refractivity contribution in [3.8, 4) is 5.75 Å². The quantitative estimate of drug-likeness (QED) is 0.610. The lowest BCUT2D eigenvalue weighted by Crippen LogP contribution is -2.34. The summed E-state index contributed by atoms with van der Waals surface area (Å²) < 4.78 is 5.98. The SMILES string of the molecule is CC(C)NC(=O)Nc1cccc(C(=O)Nc2ncccc2OCC2CCCCC2)c1. The maximum absolute atomic E-state index is 12.8. The first-order valence-electron chi connectivity index (χ1n) is 10.6. The van der Waals surface area contributed by atoms with Crippen molar-refractivity contribution in [2.24, 2.45) is 5.92 Å². The topological polar surface area (TPSA) is 92.4 Å². The van der Waals surface area contributed by atoms with Gasteiger partial charge in [0.25, 0.3) is 5.91 Å². The predicted molar refractivity (Wildman–Crippen MR) is 118 cm³/mol. The predicted octanol–water partition coefficient (Wildman–Crippen LogP) is 4.82. The first kappa shape index (κ1) is 21.6. The number of rotatable bonds is 7. The number of carbonyl (C=O) groups is 2. The highest BCUT2D eigenvalue weighted by molar-refractivity contribution is 6.05. The fraction of sp³-hybridized carbons (Fsp3) is 0.435. The van der Waals surface area contributed by atoms with Gasteiger partial charge in [0, 0.05) is 23.5 Å². The molecular formula is C23H30N4O3. The molecule has 160 valence electrons. The molecule has 1 aliphatic carbocycles. The van der Waals surface area contributed by atoms with Crippen LogP contribution in [0.5, 0.6) is 5.75 Å². The third-order valence-corrected chi connectivity index (χ3v) is 5.00. The number of urea groups is 1. The van der Waals surface area contributed by atoms with Gasteiger partial charge in [-0.15, -0.1) is 0 Å². The van der Waals surface area contributed by atoms with Crippen LogP contribution in [0.2, 0.25) is 0 Å². The molecule has 1 aliphatic rings. The Morgan fingerprint density at radius 2 is 1.90 bits per heavy atom. The van der Waals surface area contributed by atoms with Gasteiger partial charge in [-0.1, -0.05) is 25.3 Å². The molecule has 0 radical (unpaired) electrons. The molecule has 0 unspecified atom stereocenters. The number of carbonyl (C=O) groups excluding carboxylic acids is 2. The van der Waals surface area contributed by atoms with E-state index >= 15 is 0 Å². The van der Waals surface area contributed by atoms with Crippen molar-refractivity contribution in [3.63, 3.8) is 0 Å². The van der Waals surface area contributed by atoms with Gasteiger partial charge in [0.1, 0.15) is 0 Å². The van der Waals surface area contributed by atoms with E-state index in [0.29, 0.717) is 35.3 Å². The van der Waals surface area contributed by atoms with E-state index in [1.165, 1.54) is 32.1 Å². The molecule has 1 fully saturated rings. The smallest absolute Gasteiger partial charge is 0.319 e. The lowest BCUT2D eigenvalue weighted by Gasteiger charge is -2.22. The average Bonchev–Trinajstić information content (AvgIpc) is 2.73. The Balaban J connectivity index is 1.63. The average molecular weight is 411 g/mol. The van der Waals surface area contributed by atoms with Gasteiger partial charge in [-0.25, -0.2) is 9.78 Å². The second-order valence-corrected chi connectivity index (χ2v) is 7.95. The third kappa shape index (κ3) is 6.47. The van der Waals surface area contributed by atoms with Crippen molar-refractivity contribution in [1.82, 2.24) is 10.3 Å². The van der Waals surface area contributed by atoms with Gasteiger partial charge in [0.05, 0.1) is 6.61 Å². The van der Waals surface area contributed by atoms with E-state index in [1.54, 1.807) is 36.5 Å². The van der Waals surface area contributed by atoms with Crippen LogP contribution in [0.1, 0.15) is 56.3 Å². The molecule has 7 nitrogen and oxygen atoms in total. The van der Waals surface area contributed by atoms with Gasteiger partial charge in [-0.05, 0) is 62.9 Å². The maximum atomic E-state index is 12.8. The molecule has 1 aromatic heterocycles. The van der Waals surface area contributed by atoms with Gasteiger partial charge in [0.15, 0.2) is 11.6 Å². The molecule has 3 rings (SSSR count). The number of nitrogens with one attached hydrogen (secondary N) is 3. The summed E-state index contributed by atoms with van der Waals surface area (Å²) in [5.74, 6) is 1.21. The zero-order chi connectivity index (χ0) is 21.3. The van der Waals surface area contributed by atoms with Crippen LogP contribution >= 0.6 is 0 Å². The number of benzene rings is 1. The van der Waals surface area contributed by atoms with Crippen LogP contribution in [0.4, 0.5) is 16.3 Å². The number of ether oxygens (including phenoxy) is 1. The monoisotopic (exact) mass is 410 g/mol. The summed E-state index contributed by atoms with van der Waals surface area (Å²) in [5, 5.41) is 8.31. The number of amides is 3. The number of aromatic nitrogens is 1. The Kier molecular flexibility index (Phi) is 7.65. The van der Waals surface area contributed by atoms with Crippen LogP contribution in [0.25, 0.3) is 0 Å². The van der Waals surface area contributed by atoms with E-state index in [9.17, 15) is 9.59 Å². The van der Waals surface area contributed by atoms with Crippen LogP contribution in [-0.2, 0) is 0 Å². The summed E-state index contributed by atoms with van der Waals surface area (Å²) in [5.41, 5.74) is 0.955. The molecule has 3 N–H and O–H groups in total. The molecule has 0 spiro atoms. The Labute approximate surface area is 177 Å².